The van der Waals surface area contributed by atoms with Crippen LogP contribution in [-0.2, 0) is 17.0 Å². The van der Waals surface area contributed by atoms with Gasteiger partial charge in [0.25, 0.3) is 0 Å². The van der Waals surface area contributed by atoms with E-state index < -0.39 is 12.1 Å². The quantitative estimate of drug-likeness (QED) is 0.493. The van der Waals surface area contributed by atoms with E-state index in [1.165, 1.54) is 14.2 Å². The Morgan fingerprint density at radius 1 is 1.09 bits per heavy atom. The Morgan fingerprint density at radius 3 is 2.53 bits per heavy atom. The molecule has 2 atom stereocenters. The number of halogens is 1. The standard InChI is InChI=1S/C23H24ClNO7/c1-25-8-7-11-13(9-24)19-22(31-10-30-19)21(29-4)15(11)17(25)18-12-5-6-14(27-2)20(28-3)16(12)23(26)32-18/h5-6,17-18H,7-10H2,1-4H3. The van der Waals surface area contributed by atoms with Crippen LogP contribution in [-0.4, -0.2) is 52.6 Å². The Labute approximate surface area is 190 Å². The van der Waals surface area contributed by atoms with Crippen LogP contribution in [0.2, 0.25) is 0 Å². The molecule has 0 aromatic heterocycles. The summed E-state index contributed by atoms with van der Waals surface area (Å²) in [5.41, 5.74) is 3.97. The second-order valence-electron chi connectivity index (χ2n) is 7.87. The second-order valence-corrected chi connectivity index (χ2v) is 8.14. The number of rotatable bonds is 5. The number of methoxy groups -OCH3 is 3. The molecule has 2 aromatic carbocycles. The van der Waals surface area contributed by atoms with Crippen LogP contribution in [0.4, 0.5) is 0 Å². The summed E-state index contributed by atoms with van der Waals surface area (Å²) in [4.78, 5) is 15.1. The number of benzene rings is 2. The molecule has 0 radical (unpaired) electrons. The number of nitrogens with zero attached hydrogens (tertiary/aromatic N) is 1. The Hall–Kier alpha value is -2.84. The Balaban J connectivity index is 1.73. The van der Waals surface area contributed by atoms with Gasteiger partial charge >= 0.3 is 5.97 Å². The third kappa shape index (κ3) is 2.82. The highest BCUT2D eigenvalue weighted by atomic mass is 35.5. The van der Waals surface area contributed by atoms with Crippen molar-refractivity contribution in [3.8, 4) is 28.7 Å². The van der Waals surface area contributed by atoms with Gasteiger partial charge in [0, 0.05) is 23.2 Å². The number of cyclic esters (lactones) is 1. The van der Waals surface area contributed by atoms with Crippen LogP contribution in [0, 0.1) is 0 Å². The van der Waals surface area contributed by atoms with Crippen molar-refractivity contribution in [2.24, 2.45) is 0 Å². The van der Waals surface area contributed by atoms with Crippen molar-refractivity contribution >= 4 is 17.6 Å². The van der Waals surface area contributed by atoms with E-state index in [0.29, 0.717) is 34.3 Å². The van der Waals surface area contributed by atoms with Crippen molar-refractivity contribution in [2.75, 3.05) is 41.7 Å². The van der Waals surface area contributed by atoms with Gasteiger partial charge in [0.2, 0.25) is 12.5 Å². The van der Waals surface area contributed by atoms with Gasteiger partial charge < -0.3 is 28.4 Å². The van der Waals surface area contributed by atoms with Crippen molar-refractivity contribution in [1.82, 2.24) is 4.90 Å². The summed E-state index contributed by atoms with van der Waals surface area (Å²) in [7, 11) is 6.66. The smallest absolute Gasteiger partial charge is 0.343 e. The second kappa shape index (κ2) is 7.94. The Kier molecular flexibility index (Phi) is 5.22. The third-order valence-electron chi connectivity index (χ3n) is 6.46. The van der Waals surface area contributed by atoms with E-state index in [0.717, 1.165) is 35.2 Å². The van der Waals surface area contributed by atoms with Crippen LogP contribution < -0.4 is 23.7 Å². The Bertz CT molecular complexity index is 1100. The Morgan fingerprint density at radius 2 is 1.84 bits per heavy atom. The number of carbonyl (C=O) groups is 1. The first-order valence-electron chi connectivity index (χ1n) is 10.3. The van der Waals surface area contributed by atoms with Crippen molar-refractivity contribution in [3.63, 3.8) is 0 Å². The number of likely N-dealkylation sites (N-methyl/N-ethyl adjacent to an activating group) is 1. The maximum Gasteiger partial charge on any atom is 0.343 e. The van der Waals surface area contributed by atoms with Gasteiger partial charge in [0.1, 0.15) is 11.7 Å². The molecule has 0 saturated heterocycles. The van der Waals surface area contributed by atoms with Gasteiger partial charge in [-0.25, -0.2) is 4.79 Å². The van der Waals surface area contributed by atoms with E-state index in [1.54, 1.807) is 13.2 Å². The summed E-state index contributed by atoms with van der Waals surface area (Å²) in [6.45, 7) is 0.859. The normalized spacial score (nSPS) is 21.1. The molecule has 5 rings (SSSR count). The summed E-state index contributed by atoms with van der Waals surface area (Å²) in [6.07, 6.45) is 0.190. The molecule has 2 unspecified atom stereocenters. The highest BCUT2D eigenvalue weighted by Gasteiger charge is 2.47. The molecule has 170 valence electrons. The van der Waals surface area contributed by atoms with Gasteiger partial charge in [-0.15, -0.1) is 11.6 Å². The van der Waals surface area contributed by atoms with Crippen molar-refractivity contribution in [2.45, 2.75) is 24.4 Å². The minimum Gasteiger partial charge on any atom is -0.493 e. The third-order valence-corrected chi connectivity index (χ3v) is 6.73. The molecule has 3 aliphatic rings. The molecule has 3 heterocycles. The van der Waals surface area contributed by atoms with Crippen LogP contribution in [0.15, 0.2) is 12.1 Å². The first-order chi connectivity index (χ1) is 15.5. The number of esters is 1. The maximum atomic E-state index is 13.0. The molecule has 0 N–H and O–H groups in total. The highest BCUT2D eigenvalue weighted by Crippen LogP contribution is 2.57. The minimum absolute atomic E-state index is 0.108. The zero-order valence-electron chi connectivity index (χ0n) is 18.3. The molecule has 3 aliphatic heterocycles. The van der Waals surface area contributed by atoms with Gasteiger partial charge in [0.15, 0.2) is 23.0 Å². The monoisotopic (exact) mass is 461 g/mol. The number of fused-ring (bicyclic) bond motifs is 3. The minimum atomic E-state index is -0.571. The maximum absolute atomic E-state index is 13.0. The van der Waals surface area contributed by atoms with Gasteiger partial charge in [-0.1, -0.05) is 6.07 Å². The predicted octanol–water partition coefficient (Wildman–Crippen LogP) is 3.62. The van der Waals surface area contributed by atoms with Crippen LogP contribution in [0.25, 0.3) is 0 Å². The molecule has 9 heteroatoms. The average Bonchev–Trinajstić information content (AvgIpc) is 3.41. The van der Waals surface area contributed by atoms with Crippen molar-refractivity contribution < 1.29 is 33.2 Å². The lowest BCUT2D eigenvalue weighted by Gasteiger charge is -2.39. The van der Waals surface area contributed by atoms with Gasteiger partial charge in [-0.2, -0.15) is 0 Å². The molecule has 2 aromatic rings. The van der Waals surface area contributed by atoms with Gasteiger partial charge in [-0.3, -0.25) is 4.90 Å². The van der Waals surface area contributed by atoms with Gasteiger partial charge in [-0.05, 0) is 25.1 Å². The molecule has 32 heavy (non-hydrogen) atoms. The fraction of sp³-hybridized carbons (Fsp3) is 0.435. The first kappa shape index (κ1) is 21.0. The van der Waals surface area contributed by atoms with E-state index in [9.17, 15) is 4.79 Å². The molecule has 0 bridgehead atoms. The number of alkyl halides is 1. The summed E-state index contributed by atoms with van der Waals surface area (Å²) in [5.74, 6) is 2.44. The lowest BCUT2D eigenvalue weighted by atomic mass is 9.83. The number of carbonyl (C=O) groups excluding carboxylic acids is 1. The lowest BCUT2D eigenvalue weighted by Crippen LogP contribution is -2.37. The fourth-order valence-electron chi connectivity index (χ4n) is 5.06. The number of hydrogen-bond donors (Lipinski definition) is 0. The number of hydrogen-bond acceptors (Lipinski definition) is 8. The summed E-state index contributed by atoms with van der Waals surface area (Å²) >= 11 is 6.36. The molecule has 0 amide bonds. The van der Waals surface area contributed by atoms with E-state index in [1.807, 2.05) is 13.1 Å². The topological polar surface area (TPSA) is 75.7 Å². The fourth-order valence-corrected chi connectivity index (χ4v) is 5.35. The van der Waals surface area contributed by atoms with Crippen molar-refractivity contribution in [1.29, 1.82) is 0 Å². The average molecular weight is 462 g/mol. The van der Waals surface area contributed by atoms with Gasteiger partial charge in [0.05, 0.1) is 33.3 Å². The molecule has 0 saturated carbocycles. The molecule has 0 fully saturated rings. The largest absolute Gasteiger partial charge is 0.493 e. The molecular formula is C23H24ClNO7. The van der Waals surface area contributed by atoms with E-state index in [4.69, 9.17) is 40.0 Å². The van der Waals surface area contributed by atoms with Crippen molar-refractivity contribution in [3.05, 3.63) is 39.9 Å². The predicted molar refractivity (Wildman–Crippen MR) is 115 cm³/mol. The zero-order chi connectivity index (χ0) is 22.6. The summed E-state index contributed by atoms with van der Waals surface area (Å²) in [6, 6.07) is 3.33. The van der Waals surface area contributed by atoms with E-state index in [2.05, 4.69) is 4.90 Å². The van der Waals surface area contributed by atoms with Crippen LogP contribution in [0.5, 0.6) is 28.7 Å². The molecule has 0 spiro atoms. The number of ether oxygens (including phenoxy) is 6. The lowest BCUT2D eigenvalue weighted by molar-refractivity contribution is 0.00870. The first-order valence-corrected chi connectivity index (χ1v) is 10.8. The molecular weight excluding hydrogens is 438 g/mol. The SMILES string of the molecule is COc1ccc2c(c1OC)C(=O)OC2C1c2c(c(CCl)c3c(c2OC)OCO3)CCN1C. The van der Waals surface area contributed by atoms with Crippen LogP contribution >= 0.6 is 11.6 Å². The highest BCUT2D eigenvalue weighted by molar-refractivity contribution is 6.17. The summed E-state index contributed by atoms with van der Waals surface area (Å²) in [5, 5.41) is 0. The zero-order valence-corrected chi connectivity index (χ0v) is 19.1. The van der Waals surface area contributed by atoms with E-state index >= 15 is 0 Å². The van der Waals surface area contributed by atoms with Crippen LogP contribution in [0.1, 0.15) is 44.8 Å². The van der Waals surface area contributed by atoms with E-state index in [-0.39, 0.29) is 18.7 Å². The summed E-state index contributed by atoms with van der Waals surface area (Å²) < 4.78 is 34.2. The van der Waals surface area contributed by atoms with Crippen LogP contribution in [0.3, 0.4) is 0 Å². The molecule has 0 aliphatic carbocycles. The molecule has 8 nitrogen and oxygen atoms in total.